The molecule has 0 aromatic carbocycles. The molecule has 1 unspecified atom stereocenters. The van der Waals surface area contributed by atoms with Crippen molar-refractivity contribution in [1.82, 2.24) is 24.9 Å². The fourth-order valence-electron chi connectivity index (χ4n) is 1.96. The Bertz CT molecular complexity index is 707. The van der Waals surface area contributed by atoms with Crippen LogP contribution in [0.2, 0.25) is 0 Å². The van der Waals surface area contributed by atoms with E-state index in [2.05, 4.69) is 35.6 Å². The second-order valence-corrected chi connectivity index (χ2v) is 4.37. The average Bonchev–Trinajstić information content (AvgIpc) is 2.96. The van der Waals surface area contributed by atoms with Crippen LogP contribution in [-0.2, 0) is 0 Å². The maximum atomic E-state index is 4.42. The predicted molar refractivity (Wildman–Crippen MR) is 77.5 cm³/mol. The van der Waals surface area contributed by atoms with Gasteiger partial charge in [-0.1, -0.05) is 6.07 Å². The number of hydrogen-bond acceptors (Lipinski definition) is 6. The highest BCUT2D eigenvalue weighted by molar-refractivity contribution is 5.83. The van der Waals surface area contributed by atoms with Crippen molar-refractivity contribution in [2.75, 3.05) is 17.7 Å². The standard InChI is InChI=1S/C13H15N7/c1-8(9-5-3-4-6-15-9)18-12-10-11(17-7-16-10)19-13(14-2)20-12/h3-8H,1-2H3,(H3,14,16,17,18,19,20). The zero-order valence-electron chi connectivity index (χ0n) is 11.3. The van der Waals surface area contributed by atoms with Gasteiger partial charge in [0, 0.05) is 13.2 Å². The molecule has 0 fully saturated rings. The van der Waals surface area contributed by atoms with Crippen LogP contribution in [-0.4, -0.2) is 32.0 Å². The van der Waals surface area contributed by atoms with Crippen molar-refractivity contribution in [3.8, 4) is 0 Å². The summed E-state index contributed by atoms with van der Waals surface area (Å²) in [6.45, 7) is 2.03. The molecule has 0 aliphatic heterocycles. The van der Waals surface area contributed by atoms with E-state index in [0.29, 0.717) is 17.4 Å². The summed E-state index contributed by atoms with van der Waals surface area (Å²) in [6.07, 6.45) is 3.38. The van der Waals surface area contributed by atoms with Crippen molar-refractivity contribution < 1.29 is 0 Å². The SMILES string of the molecule is CNc1nc(NC(C)c2ccccn2)c2[nH]cnc2n1. The molecule has 0 aliphatic carbocycles. The van der Waals surface area contributed by atoms with Crippen molar-refractivity contribution in [3.05, 3.63) is 36.4 Å². The Labute approximate surface area is 115 Å². The van der Waals surface area contributed by atoms with E-state index in [4.69, 9.17) is 0 Å². The Kier molecular flexibility index (Phi) is 3.16. The van der Waals surface area contributed by atoms with E-state index >= 15 is 0 Å². The number of hydrogen-bond donors (Lipinski definition) is 3. The molecule has 3 aromatic heterocycles. The summed E-state index contributed by atoms with van der Waals surface area (Å²) in [6, 6.07) is 5.86. The molecule has 20 heavy (non-hydrogen) atoms. The molecule has 0 spiro atoms. The van der Waals surface area contributed by atoms with Crippen LogP contribution in [0.5, 0.6) is 0 Å². The van der Waals surface area contributed by atoms with Gasteiger partial charge in [-0.25, -0.2) is 4.98 Å². The number of H-pyrrole nitrogens is 1. The van der Waals surface area contributed by atoms with Gasteiger partial charge in [0.2, 0.25) is 5.95 Å². The van der Waals surface area contributed by atoms with Gasteiger partial charge in [-0.2, -0.15) is 9.97 Å². The molecule has 7 heteroatoms. The molecular formula is C13H15N7. The quantitative estimate of drug-likeness (QED) is 0.670. The second-order valence-electron chi connectivity index (χ2n) is 4.37. The average molecular weight is 269 g/mol. The maximum absolute atomic E-state index is 4.42. The first-order valence-electron chi connectivity index (χ1n) is 6.34. The van der Waals surface area contributed by atoms with Crippen molar-refractivity contribution in [3.63, 3.8) is 0 Å². The highest BCUT2D eigenvalue weighted by Crippen LogP contribution is 2.22. The first-order valence-corrected chi connectivity index (χ1v) is 6.34. The Morgan fingerprint density at radius 1 is 1.20 bits per heavy atom. The maximum Gasteiger partial charge on any atom is 0.226 e. The molecule has 3 aromatic rings. The summed E-state index contributed by atoms with van der Waals surface area (Å²) in [4.78, 5) is 20.3. The first-order chi connectivity index (χ1) is 9.78. The minimum atomic E-state index is 0.0299. The van der Waals surface area contributed by atoms with Gasteiger partial charge in [0.15, 0.2) is 11.5 Å². The van der Waals surface area contributed by atoms with Crippen molar-refractivity contribution in [2.24, 2.45) is 0 Å². The van der Waals surface area contributed by atoms with Gasteiger partial charge in [0.25, 0.3) is 0 Å². The summed E-state index contributed by atoms with van der Waals surface area (Å²) >= 11 is 0. The van der Waals surface area contributed by atoms with Crippen LogP contribution in [0.15, 0.2) is 30.7 Å². The zero-order valence-corrected chi connectivity index (χ0v) is 11.3. The van der Waals surface area contributed by atoms with Crippen LogP contribution in [0.1, 0.15) is 18.7 Å². The molecule has 0 saturated carbocycles. The number of nitrogens with zero attached hydrogens (tertiary/aromatic N) is 4. The molecule has 0 bridgehead atoms. The largest absolute Gasteiger partial charge is 0.360 e. The third-order valence-electron chi connectivity index (χ3n) is 2.99. The van der Waals surface area contributed by atoms with Crippen LogP contribution in [0.4, 0.5) is 11.8 Å². The molecule has 3 N–H and O–H groups in total. The van der Waals surface area contributed by atoms with Gasteiger partial charge in [-0.15, -0.1) is 0 Å². The summed E-state index contributed by atoms with van der Waals surface area (Å²) in [7, 11) is 1.78. The Morgan fingerprint density at radius 3 is 2.85 bits per heavy atom. The van der Waals surface area contributed by atoms with Crippen LogP contribution < -0.4 is 10.6 Å². The normalized spacial score (nSPS) is 12.3. The third-order valence-corrected chi connectivity index (χ3v) is 2.99. The highest BCUT2D eigenvalue weighted by atomic mass is 15.2. The van der Waals surface area contributed by atoms with Gasteiger partial charge >= 0.3 is 0 Å². The predicted octanol–water partition coefficient (Wildman–Crippen LogP) is 1.96. The van der Waals surface area contributed by atoms with Gasteiger partial charge in [0.1, 0.15) is 5.52 Å². The molecule has 3 rings (SSSR count). The molecule has 0 saturated heterocycles. The number of pyridine rings is 1. The third kappa shape index (κ3) is 2.25. The molecule has 0 amide bonds. The summed E-state index contributed by atoms with van der Waals surface area (Å²) in [5.74, 6) is 1.23. The van der Waals surface area contributed by atoms with Gasteiger partial charge in [0.05, 0.1) is 18.1 Å². The number of nitrogens with one attached hydrogen (secondary N) is 3. The summed E-state index contributed by atoms with van der Waals surface area (Å²) in [5.41, 5.74) is 2.36. The van der Waals surface area contributed by atoms with Crippen LogP contribution in [0.25, 0.3) is 11.2 Å². The number of fused-ring (bicyclic) bond motifs is 1. The Morgan fingerprint density at radius 2 is 2.10 bits per heavy atom. The van der Waals surface area contributed by atoms with Gasteiger partial charge in [-0.3, -0.25) is 4.98 Å². The fraction of sp³-hybridized carbons (Fsp3) is 0.231. The van der Waals surface area contributed by atoms with Crippen molar-refractivity contribution >= 4 is 22.9 Å². The molecule has 3 heterocycles. The second kappa shape index (κ2) is 5.12. The van der Waals surface area contributed by atoms with Gasteiger partial charge in [-0.05, 0) is 19.1 Å². The number of aromatic amines is 1. The van der Waals surface area contributed by atoms with Gasteiger partial charge < -0.3 is 15.6 Å². The molecule has 102 valence electrons. The molecular weight excluding hydrogens is 254 g/mol. The monoisotopic (exact) mass is 269 g/mol. The summed E-state index contributed by atoms with van der Waals surface area (Å²) in [5, 5.41) is 6.27. The van der Waals surface area contributed by atoms with Crippen LogP contribution in [0, 0.1) is 0 Å². The molecule has 0 radical (unpaired) electrons. The number of imidazole rings is 1. The fourth-order valence-corrected chi connectivity index (χ4v) is 1.96. The lowest BCUT2D eigenvalue weighted by Crippen LogP contribution is -2.11. The smallest absolute Gasteiger partial charge is 0.226 e. The molecule has 1 atom stereocenters. The Balaban J connectivity index is 1.95. The summed E-state index contributed by atoms with van der Waals surface area (Å²) < 4.78 is 0. The number of aromatic nitrogens is 5. The molecule has 7 nitrogen and oxygen atoms in total. The lowest BCUT2D eigenvalue weighted by Gasteiger charge is -2.14. The number of anilines is 2. The van der Waals surface area contributed by atoms with E-state index in [0.717, 1.165) is 11.2 Å². The highest BCUT2D eigenvalue weighted by Gasteiger charge is 2.13. The first kappa shape index (κ1) is 12.3. The lowest BCUT2D eigenvalue weighted by atomic mass is 10.2. The van der Waals surface area contributed by atoms with E-state index in [9.17, 15) is 0 Å². The van der Waals surface area contributed by atoms with E-state index in [1.54, 1.807) is 19.6 Å². The van der Waals surface area contributed by atoms with Crippen molar-refractivity contribution in [1.29, 1.82) is 0 Å². The topological polar surface area (TPSA) is 91.4 Å². The van der Waals surface area contributed by atoms with Crippen molar-refractivity contribution in [2.45, 2.75) is 13.0 Å². The van der Waals surface area contributed by atoms with Crippen LogP contribution in [0.3, 0.4) is 0 Å². The number of rotatable bonds is 4. The van der Waals surface area contributed by atoms with Crippen LogP contribution >= 0.6 is 0 Å². The van der Waals surface area contributed by atoms with E-state index in [1.165, 1.54) is 0 Å². The lowest BCUT2D eigenvalue weighted by molar-refractivity contribution is 0.833. The molecule has 0 aliphatic rings. The minimum Gasteiger partial charge on any atom is -0.360 e. The minimum absolute atomic E-state index is 0.0299. The van der Waals surface area contributed by atoms with E-state index < -0.39 is 0 Å². The Hall–Kier alpha value is -2.70. The van der Waals surface area contributed by atoms with E-state index in [-0.39, 0.29) is 6.04 Å². The zero-order chi connectivity index (χ0) is 13.9. The van der Waals surface area contributed by atoms with E-state index in [1.807, 2.05) is 25.1 Å².